The van der Waals surface area contributed by atoms with E-state index in [1.54, 1.807) is 19.9 Å². The van der Waals surface area contributed by atoms with E-state index in [0.717, 1.165) is 0 Å². The van der Waals surface area contributed by atoms with Gasteiger partial charge >= 0.3 is 0 Å². The zero-order chi connectivity index (χ0) is 7.72. The van der Waals surface area contributed by atoms with Gasteiger partial charge in [-0.15, -0.1) is 0 Å². The van der Waals surface area contributed by atoms with Crippen molar-refractivity contribution < 1.29 is 9.90 Å². The molecule has 1 N–H and O–H groups in total. The molecule has 0 aromatic carbocycles. The molecular formula is C8H10O2. The van der Waals surface area contributed by atoms with Gasteiger partial charge in [0.05, 0.1) is 0 Å². The number of carbonyl (C=O) groups excluding carboxylic acids is 1. The van der Waals surface area contributed by atoms with Gasteiger partial charge in [0.25, 0.3) is 0 Å². The van der Waals surface area contributed by atoms with Crippen LogP contribution < -0.4 is 0 Å². The fraction of sp³-hybridized carbons (Fsp3) is 0.375. The van der Waals surface area contributed by atoms with Gasteiger partial charge < -0.3 is 5.11 Å². The molecule has 0 aliphatic heterocycles. The summed E-state index contributed by atoms with van der Waals surface area (Å²) >= 11 is 0. The SMILES string of the molecule is CC1=CC(=O)C(C)C=C1O. The van der Waals surface area contributed by atoms with Gasteiger partial charge in [-0.05, 0) is 24.6 Å². The molecule has 1 atom stereocenters. The van der Waals surface area contributed by atoms with Crippen LogP contribution in [0.15, 0.2) is 23.5 Å². The molecule has 0 radical (unpaired) electrons. The minimum Gasteiger partial charge on any atom is -0.508 e. The Morgan fingerprint density at radius 3 is 2.70 bits per heavy atom. The standard InChI is InChI=1S/C8H10O2/c1-5-3-8(10)6(2)4-7(5)9/h3-5,10H,1-2H3. The quantitative estimate of drug-likeness (QED) is 0.552. The number of hydrogen-bond donors (Lipinski definition) is 1. The van der Waals surface area contributed by atoms with E-state index in [9.17, 15) is 4.79 Å². The third-order valence-corrected chi connectivity index (χ3v) is 1.62. The first kappa shape index (κ1) is 7.06. The fourth-order valence-corrected chi connectivity index (χ4v) is 0.869. The molecule has 1 aliphatic carbocycles. The van der Waals surface area contributed by atoms with E-state index in [-0.39, 0.29) is 17.5 Å². The molecule has 2 nitrogen and oxygen atoms in total. The van der Waals surface area contributed by atoms with E-state index in [0.29, 0.717) is 5.57 Å². The lowest BCUT2D eigenvalue weighted by Gasteiger charge is -2.10. The van der Waals surface area contributed by atoms with Gasteiger partial charge in [0.2, 0.25) is 0 Å². The molecule has 0 saturated carbocycles. The first-order valence-electron chi connectivity index (χ1n) is 3.24. The van der Waals surface area contributed by atoms with Gasteiger partial charge in [0, 0.05) is 5.92 Å². The lowest BCUT2D eigenvalue weighted by Crippen LogP contribution is -2.11. The van der Waals surface area contributed by atoms with E-state index in [1.807, 2.05) is 0 Å². The number of carbonyl (C=O) groups is 1. The third-order valence-electron chi connectivity index (χ3n) is 1.62. The van der Waals surface area contributed by atoms with Crippen LogP contribution in [-0.2, 0) is 4.79 Å². The highest BCUT2D eigenvalue weighted by molar-refractivity contribution is 5.95. The first-order valence-corrected chi connectivity index (χ1v) is 3.24. The predicted molar refractivity (Wildman–Crippen MR) is 38.6 cm³/mol. The first-order chi connectivity index (χ1) is 4.61. The minimum absolute atomic E-state index is 0.0651. The van der Waals surface area contributed by atoms with Crippen molar-refractivity contribution in [1.82, 2.24) is 0 Å². The van der Waals surface area contributed by atoms with Crippen LogP contribution in [0.3, 0.4) is 0 Å². The maximum absolute atomic E-state index is 10.9. The third kappa shape index (κ3) is 1.10. The summed E-state index contributed by atoms with van der Waals surface area (Å²) < 4.78 is 0. The topological polar surface area (TPSA) is 37.3 Å². The summed E-state index contributed by atoms with van der Waals surface area (Å²) in [4.78, 5) is 10.9. The second kappa shape index (κ2) is 2.29. The van der Waals surface area contributed by atoms with Crippen LogP contribution in [0.25, 0.3) is 0 Å². The molecule has 54 valence electrons. The maximum atomic E-state index is 10.9. The summed E-state index contributed by atoms with van der Waals surface area (Å²) in [6, 6.07) is 0. The van der Waals surface area contributed by atoms with Crippen molar-refractivity contribution in [3.05, 3.63) is 23.5 Å². The van der Waals surface area contributed by atoms with Crippen molar-refractivity contribution in [2.24, 2.45) is 5.92 Å². The molecule has 1 rings (SSSR count). The normalized spacial score (nSPS) is 25.8. The van der Waals surface area contributed by atoms with Gasteiger partial charge in [-0.1, -0.05) is 6.92 Å². The number of ketones is 1. The average Bonchev–Trinajstić information content (AvgIpc) is 1.84. The lowest BCUT2D eigenvalue weighted by molar-refractivity contribution is -0.116. The molecule has 0 aromatic rings. The zero-order valence-electron chi connectivity index (χ0n) is 6.09. The van der Waals surface area contributed by atoms with Crippen molar-refractivity contribution in [3.63, 3.8) is 0 Å². The van der Waals surface area contributed by atoms with Crippen molar-refractivity contribution in [3.8, 4) is 0 Å². The van der Waals surface area contributed by atoms with Gasteiger partial charge in [0.15, 0.2) is 5.78 Å². The van der Waals surface area contributed by atoms with Gasteiger partial charge in [0.1, 0.15) is 5.76 Å². The van der Waals surface area contributed by atoms with Crippen LogP contribution >= 0.6 is 0 Å². The molecule has 0 saturated heterocycles. The molecule has 1 unspecified atom stereocenters. The monoisotopic (exact) mass is 138 g/mol. The predicted octanol–water partition coefficient (Wildman–Crippen LogP) is 1.59. The van der Waals surface area contributed by atoms with E-state index in [4.69, 9.17) is 5.11 Å². The highest BCUT2D eigenvalue weighted by Crippen LogP contribution is 2.16. The van der Waals surface area contributed by atoms with Crippen molar-refractivity contribution in [2.75, 3.05) is 0 Å². The maximum Gasteiger partial charge on any atom is 0.162 e. The zero-order valence-corrected chi connectivity index (χ0v) is 6.09. The van der Waals surface area contributed by atoms with E-state index >= 15 is 0 Å². The summed E-state index contributed by atoms with van der Waals surface area (Å²) in [5.74, 6) is 0.131. The molecule has 0 amide bonds. The molecular weight excluding hydrogens is 128 g/mol. The molecule has 0 spiro atoms. The second-order valence-corrected chi connectivity index (χ2v) is 2.57. The van der Waals surface area contributed by atoms with Gasteiger partial charge in [-0.25, -0.2) is 0 Å². The summed E-state index contributed by atoms with van der Waals surface area (Å²) in [5, 5.41) is 9.11. The Kier molecular flexibility index (Phi) is 1.62. The van der Waals surface area contributed by atoms with Crippen molar-refractivity contribution in [1.29, 1.82) is 0 Å². The molecule has 0 bridgehead atoms. The lowest BCUT2D eigenvalue weighted by atomic mass is 9.97. The van der Waals surface area contributed by atoms with Crippen LogP contribution in [0.1, 0.15) is 13.8 Å². The Morgan fingerprint density at radius 1 is 1.60 bits per heavy atom. The number of aliphatic hydroxyl groups is 1. The Bertz CT molecular complexity index is 223. The fourth-order valence-electron chi connectivity index (χ4n) is 0.869. The van der Waals surface area contributed by atoms with Crippen LogP contribution in [0.4, 0.5) is 0 Å². The van der Waals surface area contributed by atoms with Crippen molar-refractivity contribution >= 4 is 5.78 Å². The molecule has 1 aliphatic rings. The summed E-state index contributed by atoms with van der Waals surface area (Å²) in [7, 11) is 0. The van der Waals surface area contributed by atoms with Gasteiger partial charge in [-0.3, -0.25) is 4.79 Å². The number of aliphatic hydroxyl groups excluding tert-OH is 1. The van der Waals surface area contributed by atoms with Crippen LogP contribution in [0.5, 0.6) is 0 Å². The minimum atomic E-state index is -0.163. The highest BCUT2D eigenvalue weighted by Gasteiger charge is 2.15. The van der Waals surface area contributed by atoms with Crippen LogP contribution in [0.2, 0.25) is 0 Å². The summed E-state index contributed by atoms with van der Waals surface area (Å²) in [5.41, 5.74) is 0.656. The van der Waals surface area contributed by atoms with E-state index in [2.05, 4.69) is 0 Å². The Balaban J connectivity index is 2.94. The average molecular weight is 138 g/mol. The molecule has 10 heavy (non-hydrogen) atoms. The van der Waals surface area contributed by atoms with Crippen LogP contribution in [0, 0.1) is 5.92 Å². The summed E-state index contributed by atoms with van der Waals surface area (Å²) in [6.45, 7) is 3.48. The molecule has 2 heteroatoms. The number of allylic oxidation sites excluding steroid dienone is 3. The van der Waals surface area contributed by atoms with E-state index in [1.165, 1.54) is 6.08 Å². The number of rotatable bonds is 0. The van der Waals surface area contributed by atoms with Crippen molar-refractivity contribution in [2.45, 2.75) is 13.8 Å². The Hall–Kier alpha value is -1.05. The molecule has 0 fully saturated rings. The van der Waals surface area contributed by atoms with Gasteiger partial charge in [-0.2, -0.15) is 0 Å². The van der Waals surface area contributed by atoms with E-state index < -0.39 is 0 Å². The highest BCUT2D eigenvalue weighted by atomic mass is 16.3. The smallest absolute Gasteiger partial charge is 0.162 e. The van der Waals surface area contributed by atoms with Crippen LogP contribution in [-0.4, -0.2) is 10.9 Å². The largest absolute Gasteiger partial charge is 0.508 e. The summed E-state index contributed by atoms with van der Waals surface area (Å²) in [6.07, 6.45) is 3.04. The number of hydrogen-bond acceptors (Lipinski definition) is 2. The Morgan fingerprint density at radius 2 is 2.20 bits per heavy atom. The second-order valence-electron chi connectivity index (χ2n) is 2.57. The molecule has 0 aromatic heterocycles. The molecule has 0 heterocycles. The Labute approximate surface area is 59.9 Å².